The normalized spacial score (nSPS) is 11.1. The molecular formula is C34H30N2O5. The van der Waals surface area contributed by atoms with E-state index in [1.165, 1.54) is 6.08 Å². The van der Waals surface area contributed by atoms with Crippen LogP contribution in [-0.2, 0) is 4.79 Å². The lowest BCUT2D eigenvalue weighted by Gasteiger charge is -2.12. The van der Waals surface area contributed by atoms with E-state index in [1.54, 1.807) is 98.1 Å². The van der Waals surface area contributed by atoms with Crippen LogP contribution >= 0.6 is 0 Å². The average molecular weight is 547 g/mol. The van der Waals surface area contributed by atoms with Crippen LogP contribution in [0.5, 0.6) is 11.5 Å². The van der Waals surface area contributed by atoms with Crippen LogP contribution in [0.25, 0.3) is 12.2 Å². The maximum absolute atomic E-state index is 13.3. The van der Waals surface area contributed by atoms with Gasteiger partial charge in [-0.15, -0.1) is 0 Å². The van der Waals surface area contributed by atoms with Crippen LogP contribution in [0.2, 0.25) is 0 Å². The Balaban J connectivity index is 1.50. The molecule has 0 radical (unpaired) electrons. The molecule has 0 saturated carbocycles. The molecule has 41 heavy (non-hydrogen) atoms. The number of allylic oxidation sites excluding steroid dienone is 1. The third kappa shape index (κ3) is 8.03. The number of nitrogens with one attached hydrogen (secondary N) is 2. The molecule has 0 aliphatic heterocycles. The molecule has 0 fully saturated rings. The molecule has 0 aliphatic carbocycles. The summed E-state index contributed by atoms with van der Waals surface area (Å²) >= 11 is 0. The van der Waals surface area contributed by atoms with Crippen LogP contribution in [0.15, 0.2) is 115 Å². The van der Waals surface area contributed by atoms with Gasteiger partial charge in [0.25, 0.3) is 11.8 Å². The first-order chi connectivity index (χ1) is 20.0. The van der Waals surface area contributed by atoms with E-state index in [0.29, 0.717) is 40.5 Å². The van der Waals surface area contributed by atoms with Crippen molar-refractivity contribution in [3.8, 4) is 11.5 Å². The van der Waals surface area contributed by atoms with Gasteiger partial charge in [-0.25, -0.2) is 0 Å². The van der Waals surface area contributed by atoms with Gasteiger partial charge in [0, 0.05) is 22.4 Å². The van der Waals surface area contributed by atoms with Crippen molar-refractivity contribution in [1.29, 1.82) is 0 Å². The zero-order chi connectivity index (χ0) is 29.0. The van der Waals surface area contributed by atoms with E-state index in [0.717, 1.165) is 5.56 Å². The number of anilines is 1. The maximum Gasteiger partial charge on any atom is 0.272 e. The van der Waals surface area contributed by atoms with Crippen molar-refractivity contribution in [2.75, 3.05) is 19.0 Å². The van der Waals surface area contributed by atoms with Crippen molar-refractivity contribution in [2.24, 2.45) is 0 Å². The smallest absolute Gasteiger partial charge is 0.272 e. The van der Waals surface area contributed by atoms with Gasteiger partial charge in [0.05, 0.1) is 13.7 Å². The van der Waals surface area contributed by atoms with Gasteiger partial charge in [0.15, 0.2) is 5.78 Å². The number of rotatable bonds is 11. The summed E-state index contributed by atoms with van der Waals surface area (Å²) in [5, 5.41) is 5.50. The highest BCUT2D eigenvalue weighted by molar-refractivity contribution is 6.11. The molecule has 0 bridgehead atoms. The minimum Gasteiger partial charge on any atom is -0.497 e. The summed E-state index contributed by atoms with van der Waals surface area (Å²) in [5.41, 5.74) is 2.85. The Morgan fingerprint density at radius 3 is 2.27 bits per heavy atom. The Hall–Kier alpha value is -5.43. The fraction of sp³-hybridized carbons (Fsp3) is 0.0882. The first-order valence-corrected chi connectivity index (χ1v) is 13.0. The molecule has 4 rings (SSSR count). The van der Waals surface area contributed by atoms with Crippen molar-refractivity contribution < 1.29 is 23.9 Å². The molecule has 0 atom stereocenters. The molecule has 4 aromatic rings. The van der Waals surface area contributed by atoms with E-state index in [9.17, 15) is 14.4 Å². The average Bonchev–Trinajstić information content (AvgIpc) is 3.01. The lowest BCUT2D eigenvalue weighted by Crippen LogP contribution is -2.30. The molecule has 2 amide bonds. The summed E-state index contributed by atoms with van der Waals surface area (Å²) < 4.78 is 10.9. The van der Waals surface area contributed by atoms with Crippen LogP contribution in [0.1, 0.15) is 38.8 Å². The van der Waals surface area contributed by atoms with Crippen molar-refractivity contribution >= 4 is 35.4 Å². The molecule has 2 N–H and O–H groups in total. The van der Waals surface area contributed by atoms with E-state index in [4.69, 9.17) is 9.47 Å². The van der Waals surface area contributed by atoms with Crippen LogP contribution in [-0.4, -0.2) is 31.3 Å². The third-order valence-electron chi connectivity index (χ3n) is 5.99. The van der Waals surface area contributed by atoms with Crippen molar-refractivity contribution in [3.05, 3.63) is 137 Å². The molecule has 0 unspecified atom stereocenters. The quantitative estimate of drug-likeness (QED) is 0.168. The first-order valence-electron chi connectivity index (χ1n) is 13.0. The van der Waals surface area contributed by atoms with Crippen molar-refractivity contribution in [1.82, 2.24) is 5.32 Å². The number of para-hydroxylation sites is 1. The number of carbonyl (C=O) groups is 3. The molecule has 0 saturated heterocycles. The standard InChI is InChI=1S/C34H30N2O5/c1-3-41-32-15-8-7-11-26(32)18-21-31(37)25-16-19-28(20-17-25)35-34(39)30(23-24-10-9-14-29(22-24)40-2)36-33(38)27-12-5-4-6-13-27/h4-23H,3H2,1-2H3,(H,35,39)(H,36,38)/b21-18+,30-23-. The van der Waals surface area contributed by atoms with Gasteiger partial charge in [-0.3, -0.25) is 14.4 Å². The number of hydrogen-bond donors (Lipinski definition) is 2. The highest BCUT2D eigenvalue weighted by Crippen LogP contribution is 2.20. The van der Waals surface area contributed by atoms with Crippen molar-refractivity contribution in [2.45, 2.75) is 6.92 Å². The van der Waals surface area contributed by atoms with E-state index in [-0.39, 0.29) is 11.5 Å². The Kier molecular flexibility index (Phi) is 9.82. The number of benzene rings is 4. The van der Waals surface area contributed by atoms with Gasteiger partial charge in [-0.1, -0.05) is 48.5 Å². The van der Waals surface area contributed by atoms with Crippen molar-refractivity contribution in [3.63, 3.8) is 0 Å². The second-order valence-electron chi connectivity index (χ2n) is 8.85. The lowest BCUT2D eigenvalue weighted by atomic mass is 10.1. The number of carbonyl (C=O) groups excluding carboxylic acids is 3. The summed E-state index contributed by atoms with van der Waals surface area (Å²) in [6.07, 6.45) is 4.77. The zero-order valence-corrected chi connectivity index (χ0v) is 22.8. The monoisotopic (exact) mass is 546 g/mol. The Morgan fingerprint density at radius 2 is 1.54 bits per heavy atom. The second-order valence-corrected chi connectivity index (χ2v) is 8.85. The number of amides is 2. The minimum atomic E-state index is -0.524. The fourth-order valence-electron chi connectivity index (χ4n) is 3.92. The zero-order valence-electron chi connectivity index (χ0n) is 22.8. The van der Waals surface area contributed by atoms with E-state index < -0.39 is 11.8 Å². The van der Waals surface area contributed by atoms with Gasteiger partial charge in [-0.05, 0) is 85.3 Å². The maximum atomic E-state index is 13.3. The first kappa shape index (κ1) is 28.6. The summed E-state index contributed by atoms with van der Waals surface area (Å²) in [5.74, 6) is 0.179. The fourth-order valence-corrected chi connectivity index (χ4v) is 3.92. The summed E-state index contributed by atoms with van der Waals surface area (Å²) in [6, 6.07) is 29.8. The topological polar surface area (TPSA) is 93.7 Å². The molecule has 0 aromatic heterocycles. The van der Waals surface area contributed by atoms with Gasteiger partial charge < -0.3 is 20.1 Å². The van der Waals surface area contributed by atoms with Gasteiger partial charge in [0.1, 0.15) is 17.2 Å². The third-order valence-corrected chi connectivity index (χ3v) is 5.99. The SMILES string of the molecule is CCOc1ccccc1/C=C/C(=O)c1ccc(NC(=O)/C(=C/c2cccc(OC)c2)NC(=O)c2ccccc2)cc1. The lowest BCUT2D eigenvalue weighted by molar-refractivity contribution is -0.113. The molecule has 7 nitrogen and oxygen atoms in total. The molecule has 206 valence electrons. The highest BCUT2D eigenvalue weighted by atomic mass is 16.5. The van der Waals surface area contributed by atoms with E-state index in [1.807, 2.05) is 31.2 Å². The van der Waals surface area contributed by atoms with Crippen LogP contribution in [0.4, 0.5) is 5.69 Å². The number of methoxy groups -OCH3 is 1. The summed E-state index contributed by atoms with van der Waals surface area (Å²) in [6.45, 7) is 2.43. The van der Waals surface area contributed by atoms with Gasteiger partial charge >= 0.3 is 0 Å². The predicted octanol–water partition coefficient (Wildman–Crippen LogP) is 6.40. The number of ether oxygens (including phenoxy) is 2. The molecular weight excluding hydrogens is 516 g/mol. The Morgan fingerprint density at radius 1 is 0.805 bits per heavy atom. The summed E-state index contributed by atoms with van der Waals surface area (Å²) in [7, 11) is 1.55. The molecule has 4 aromatic carbocycles. The van der Waals surface area contributed by atoms with Gasteiger partial charge in [-0.2, -0.15) is 0 Å². The Labute approximate surface area is 239 Å². The van der Waals surface area contributed by atoms with Gasteiger partial charge in [0.2, 0.25) is 0 Å². The largest absolute Gasteiger partial charge is 0.497 e. The number of ketones is 1. The molecule has 0 heterocycles. The predicted molar refractivity (Wildman–Crippen MR) is 161 cm³/mol. The summed E-state index contributed by atoms with van der Waals surface area (Å²) in [4.78, 5) is 38.9. The minimum absolute atomic E-state index is 0.0446. The molecule has 7 heteroatoms. The van der Waals surface area contributed by atoms with Crippen LogP contribution < -0.4 is 20.1 Å². The second kappa shape index (κ2) is 14.1. The molecule has 0 aliphatic rings. The van der Waals surface area contributed by atoms with Crippen LogP contribution in [0.3, 0.4) is 0 Å². The highest BCUT2D eigenvalue weighted by Gasteiger charge is 2.15. The number of hydrogen-bond acceptors (Lipinski definition) is 5. The van der Waals surface area contributed by atoms with E-state index in [2.05, 4.69) is 10.6 Å². The van der Waals surface area contributed by atoms with Crippen LogP contribution in [0, 0.1) is 0 Å². The molecule has 0 spiro atoms. The Bertz CT molecular complexity index is 1570. The van der Waals surface area contributed by atoms with E-state index >= 15 is 0 Å².